The molecule has 0 radical (unpaired) electrons. The van der Waals surface area contributed by atoms with Crippen molar-refractivity contribution in [2.75, 3.05) is 61.1 Å². The lowest BCUT2D eigenvalue weighted by Crippen LogP contribution is -2.49. The summed E-state index contributed by atoms with van der Waals surface area (Å²) in [5, 5.41) is 0. The Morgan fingerprint density at radius 2 is 1.58 bits per heavy atom. The molecule has 0 bridgehead atoms. The minimum absolute atomic E-state index is 0.135. The van der Waals surface area contributed by atoms with E-state index in [2.05, 4.69) is 15.9 Å². The molecule has 7 heteroatoms. The Labute approximate surface area is 185 Å². The van der Waals surface area contributed by atoms with Crippen molar-refractivity contribution in [3.05, 3.63) is 53.6 Å². The summed E-state index contributed by atoms with van der Waals surface area (Å²) in [6.45, 7) is 5.51. The standard InChI is InChI=1S/C24H33N3O4/c1-25(16-19-6-5-7-21(14-19)29-2)24(28)18-27-12-10-26(11-13-27)17-20-8-9-22(30-3)23(15-20)31-4/h5-9,14-15H,10-13,16-18H2,1-4H3. The van der Waals surface area contributed by atoms with Gasteiger partial charge in [0.1, 0.15) is 5.75 Å². The third-order valence-electron chi connectivity index (χ3n) is 5.66. The van der Waals surface area contributed by atoms with Gasteiger partial charge in [-0.3, -0.25) is 14.6 Å². The molecular formula is C24H33N3O4. The quantitative estimate of drug-likeness (QED) is 0.613. The van der Waals surface area contributed by atoms with E-state index in [1.54, 1.807) is 26.2 Å². The van der Waals surface area contributed by atoms with Crippen LogP contribution in [0.1, 0.15) is 11.1 Å². The number of likely N-dealkylation sites (N-methyl/N-ethyl adjacent to an activating group) is 1. The van der Waals surface area contributed by atoms with Crippen LogP contribution < -0.4 is 14.2 Å². The van der Waals surface area contributed by atoms with Gasteiger partial charge >= 0.3 is 0 Å². The molecule has 1 heterocycles. The van der Waals surface area contributed by atoms with Crippen molar-refractivity contribution >= 4 is 5.91 Å². The third-order valence-corrected chi connectivity index (χ3v) is 5.66. The van der Waals surface area contributed by atoms with E-state index in [9.17, 15) is 4.79 Å². The number of benzene rings is 2. The first kappa shape index (κ1) is 22.9. The average molecular weight is 428 g/mol. The van der Waals surface area contributed by atoms with Crippen molar-refractivity contribution in [3.8, 4) is 17.2 Å². The van der Waals surface area contributed by atoms with Crippen molar-refractivity contribution < 1.29 is 19.0 Å². The summed E-state index contributed by atoms with van der Waals surface area (Å²) < 4.78 is 16.0. The highest BCUT2D eigenvalue weighted by atomic mass is 16.5. The Morgan fingerprint density at radius 1 is 0.871 bits per heavy atom. The van der Waals surface area contributed by atoms with E-state index in [-0.39, 0.29) is 5.91 Å². The molecule has 1 saturated heterocycles. The van der Waals surface area contributed by atoms with Crippen LogP contribution in [0, 0.1) is 0 Å². The number of carbonyl (C=O) groups is 1. The highest BCUT2D eigenvalue weighted by Gasteiger charge is 2.21. The lowest BCUT2D eigenvalue weighted by Gasteiger charge is -2.35. The van der Waals surface area contributed by atoms with Crippen LogP contribution >= 0.6 is 0 Å². The Bertz CT molecular complexity index is 866. The molecule has 1 amide bonds. The minimum atomic E-state index is 0.135. The number of ether oxygens (including phenoxy) is 3. The summed E-state index contributed by atoms with van der Waals surface area (Å²) in [6.07, 6.45) is 0. The molecule has 1 fully saturated rings. The smallest absolute Gasteiger partial charge is 0.236 e. The van der Waals surface area contributed by atoms with Gasteiger partial charge in [0.05, 0.1) is 27.9 Å². The molecule has 0 atom stereocenters. The van der Waals surface area contributed by atoms with Crippen molar-refractivity contribution in [2.45, 2.75) is 13.1 Å². The first-order chi connectivity index (χ1) is 15.0. The number of nitrogens with zero attached hydrogens (tertiary/aromatic N) is 3. The molecule has 168 valence electrons. The maximum absolute atomic E-state index is 12.7. The van der Waals surface area contributed by atoms with Crippen molar-refractivity contribution in [1.82, 2.24) is 14.7 Å². The van der Waals surface area contributed by atoms with Gasteiger partial charge in [0.2, 0.25) is 5.91 Å². The van der Waals surface area contributed by atoms with E-state index >= 15 is 0 Å². The summed E-state index contributed by atoms with van der Waals surface area (Å²) in [4.78, 5) is 19.1. The fourth-order valence-electron chi connectivity index (χ4n) is 3.79. The molecule has 0 aromatic heterocycles. The Balaban J connectivity index is 1.45. The third kappa shape index (κ3) is 6.35. The topological polar surface area (TPSA) is 54.5 Å². The molecule has 31 heavy (non-hydrogen) atoms. The zero-order valence-electron chi connectivity index (χ0n) is 19.0. The summed E-state index contributed by atoms with van der Waals surface area (Å²) in [5.41, 5.74) is 2.26. The molecule has 3 rings (SSSR count). The predicted molar refractivity (Wildman–Crippen MR) is 121 cm³/mol. The zero-order valence-corrected chi connectivity index (χ0v) is 19.0. The highest BCUT2D eigenvalue weighted by Crippen LogP contribution is 2.28. The van der Waals surface area contributed by atoms with Gasteiger partial charge < -0.3 is 19.1 Å². The molecule has 1 aliphatic rings. The lowest BCUT2D eigenvalue weighted by molar-refractivity contribution is -0.132. The molecule has 2 aromatic rings. The monoisotopic (exact) mass is 427 g/mol. The second-order valence-electron chi connectivity index (χ2n) is 7.84. The van der Waals surface area contributed by atoms with Crippen LogP contribution in [0.15, 0.2) is 42.5 Å². The summed E-state index contributed by atoms with van der Waals surface area (Å²) in [6, 6.07) is 13.9. The number of amides is 1. The summed E-state index contributed by atoms with van der Waals surface area (Å²) in [7, 11) is 6.81. The van der Waals surface area contributed by atoms with Gasteiger partial charge in [0.25, 0.3) is 0 Å². The second-order valence-corrected chi connectivity index (χ2v) is 7.84. The Morgan fingerprint density at radius 3 is 2.26 bits per heavy atom. The predicted octanol–water partition coefficient (Wildman–Crippen LogP) is 2.49. The van der Waals surface area contributed by atoms with Crippen molar-refractivity contribution in [1.29, 1.82) is 0 Å². The van der Waals surface area contributed by atoms with Crippen molar-refractivity contribution in [3.63, 3.8) is 0 Å². The first-order valence-electron chi connectivity index (χ1n) is 10.5. The van der Waals surface area contributed by atoms with E-state index < -0.39 is 0 Å². The summed E-state index contributed by atoms with van der Waals surface area (Å²) >= 11 is 0. The van der Waals surface area contributed by atoms with Gasteiger partial charge in [0, 0.05) is 46.3 Å². The van der Waals surface area contributed by atoms with Crippen LogP contribution in [0.5, 0.6) is 17.2 Å². The van der Waals surface area contributed by atoms with E-state index in [1.807, 2.05) is 43.4 Å². The number of piperazine rings is 1. The number of carbonyl (C=O) groups excluding carboxylic acids is 1. The largest absolute Gasteiger partial charge is 0.497 e. The molecule has 0 saturated carbocycles. The van der Waals surface area contributed by atoms with E-state index in [0.29, 0.717) is 13.1 Å². The molecule has 0 aliphatic carbocycles. The molecule has 1 aliphatic heterocycles. The average Bonchev–Trinajstić information content (AvgIpc) is 2.80. The van der Waals surface area contributed by atoms with E-state index in [0.717, 1.165) is 55.5 Å². The fraction of sp³-hybridized carbons (Fsp3) is 0.458. The van der Waals surface area contributed by atoms with E-state index in [4.69, 9.17) is 14.2 Å². The van der Waals surface area contributed by atoms with Gasteiger partial charge in [-0.1, -0.05) is 18.2 Å². The maximum Gasteiger partial charge on any atom is 0.236 e. The van der Waals surface area contributed by atoms with Gasteiger partial charge in [-0.2, -0.15) is 0 Å². The van der Waals surface area contributed by atoms with Gasteiger partial charge in [-0.05, 0) is 35.4 Å². The zero-order chi connectivity index (χ0) is 22.2. The Hall–Kier alpha value is -2.77. The van der Waals surface area contributed by atoms with Gasteiger partial charge in [0.15, 0.2) is 11.5 Å². The van der Waals surface area contributed by atoms with Gasteiger partial charge in [-0.25, -0.2) is 0 Å². The number of rotatable bonds is 9. The van der Waals surface area contributed by atoms with E-state index in [1.165, 1.54) is 5.56 Å². The van der Waals surface area contributed by atoms with Gasteiger partial charge in [-0.15, -0.1) is 0 Å². The number of methoxy groups -OCH3 is 3. The molecule has 0 N–H and O–H groups in total. The van der Waals surface area contributed by atoms with Crippen molar-refractivity contribution in [2.24, 2.45) is 0 Å². The first-order valence-corrected chi connectivity index (χ1v) is 10.5. The van der Waals surface area contributed by atoms with Crippen LogP contribution in [0.25, 0.3) is 0 Å². The molecular weight excluding hydrogens is 394 g/mol. The number of hydrogen-bond acceptors (Lipinski definition) is 6. The Kier molecular flexibility index (Phi) is 8.14. The second kappa shape index (κ2) is 11.0. The summed E-state index contributed by atoms with van der Waals surface area (Å²) in [5.74, 6) is 2.44. The maximum atomic E-state index is 12.7. The molecule has 2 aromatic carbocycles. The van der Waals surface area contributed by atoms with Crippen LogP contribution in [-0.2, 0) is 17.9 Å². The fourth-order valence-corrected chi connectivity index (χ4v) is 3.79. The lowest BCUT2D eigenvalue weighted by atomic mass is 10.1. The van der Waals surface area contributed by atoms with Crippen LogP contribution in [0.4, 0.5) is 0 Å². The molecule has 0 spiro atoms. The normalized spacial score (nSPS) is 14.8. The van der Waals surface area contributed by atoms with Crippen LogP contribution in [0.3, 0.4) is 0 Å². The highest BCUT2D eigenvalue weighted by molar-refractivity contribution is 5.78. The van der Waals surface area contributed by atoms with Crippen LogP contribution in [-0.4, -0.2) is 81.7 Å². The molecule has 0 unspecified atom stereocenters. The SMILES string of the molecule is COc1cccc(CN(C)C(=O)CN2CCN(Cc3ccc(OC)c(OC)c3)CC2)c1. The minimum Gasteiger partial charge on any atom is -0.497 e. The van der Waals surface area contributed by atoms with Crippen LogP contribution in [0.2, 0.25) is 0 Å². The number of hydrogen-bond donors (Lipinski definition) is 0. The molecule has 7 nitrogen and oxygen atoms in total.